The number of rotatable bonds is 5. The van der Waals surface area contributed by atoms with Crippen LogP contribution in [0.1, 0.15) is 72.9 Å². The van der Waals surface area contributed by atoms with Gasteiger partial charge < -0.3 is 24.8 Å². The van der Waals surface area contributed by atoms with Crippen LogP contribution in [0.15, 0.2) is 16.9 Å². The fourth-order valence-corrected chi connectivity index (χ4v) is 6.54. The van der Waals surface area contributed by atoms with Gasteiger partial charge in [-0.1, -0.05) is 6.92 Å². The molecular weight excluding hydrogens is 505 g/mol. The van der Waals surface area contributed by atoms with E-state index < -0.39 is 17.1 Å². The number of aliphatic hydroxyl groups excluding tert-OH is 1. The van der Waals surface area contributed by atoms with Crippen molar-refractivity contribution in [2.45, 2.75) is 77.2 Å². The van der Waals surface area contributed by atoms with Crippen LogP contribution in [-0.2, 0) is 45.0 Å². The Balaban J connectivity index is 1.63. The van der Waals surface area contributed by atoms with Crippen LogP contribution in [0.3, 0.4) is 0 Å². The summed E-state index contributed by atoms with van der Waals surface area (Å²) in [6, 6.07) is 3.01. The van der Waals surface area contributed by atoms with Crippen molar-refractivity contribution in [3.8, 4) is 11.4 Å². The topological polar surface area (TPSA) is 131 Å². The van der Waals surface area contributed by atoms with E-state index in [1.165, 1.54) is 6.07 Å². The first kappa shape index (κ1) is 25.6. The van der Waals surface area contributed by atoms with Gasteiger partial charge in [-0.3, -0.25) is 9.59 Å². The number of aryl methyl sites for hydroxylation is 1. The summed E-state index contributed by atoms with van der Waals surface area (Å²) < 4.78 is 21.8. The number of aliphatic hydroxyl groups is 2. The molecular formula is C29H30FN3O6. The van der Waals surface area contributed by atoms with Gasteiger partial charge in [-0.15, -0.1) is 0 Å². The van der Waals surface area contributed by atoms with Crippen LogP contribution < -0.4 is 10.9 Å². The number of hydrogen-bond donors (Lipinski definition) is 3. The molecule has 1 aliphatic carbocycles. The number of ether oxygens (including phenoxy) is 1. The van der Waals surface area contributed by atoms with E-state index in [1.54, 1.807) is 24.5 Å². The fourth-order valence-electron chi connectivity index (χ4n) is 6.54. The molecule has 0 bridgehead atoms. The minimum atomic E-state index is -1.96. The molecule has 39 heavy (non-hydrogen) atoms. The zero-order valence-electron chi connectivity index (χ0n) is 22.1. The molecule has 6 rings (SSSR count). The number of halogens is 1. The van der Waals surface area contributed by atoms with Gasteiger partial charge in [-0.05, 0) is 62.3 Å². The zero-order valence-corrected chi connectivity index (χ0v) is 22.1. The lowest BCUT2D eigenvalue weighted by Crippen LogP contribution is -2.46. The average Bonchev–Trinajstić information content (AvgIpc) is 3.27. The molecule has 0 saturated heterocycles. The minimum absolute atomic E-state index is 0.0246. The smallest absolute Gasteiger partial charge is 0.343 e. The average molecular weight is 536 g/mol. The van der Waals surface area contributed by atoms with E-state index in [-0.39, 0.29) is 61.0 Å². The number of benzene rings is 1. The summed E-state index contributed by atoms with van der Waals surface area (Å²) in [6.07, 6.45) is 1.57. The Morgan fingerprint density at radius 1 is 1.26 bits per heavy atom. The van der Waals surface area contributed by atoms with Crippen LogP contribution in [0.5, 0.6) is 0 Å². The summed E-state index contributed by atoms with van der Waals surface area (Å²) in [5, 5.41) is 24.3. The number of esters is 1. The maximum Gasteiger partial charge on any atom is 0.343 e. The highest BCUT2D eigenvalue weighted by Crippen LogP contribution is 2.48. The van der Waals surface area contributed by atoms with Gasteiger partial charge in [0.2, 0.25) is 5.91 Å². The van der Waals surface area contributed by atoms with E-state index in [1.807, 2.05) is 6.92 Å². The van der Waals surface area contributed by atoms with Crippen molar-refractivity contribution in [3.05, 3.63) is 61.7 Å². The highest BCUT2D eigenvalue weighted by atomic mass is 19.1. The Labute approximate surface area is 223 Å². The first-order chi connectivity index (χ1) is 18.5. The summed E-state index contributed by atoms with van der Waals surface area (Å²) in [4.78, 5) is 43.9. The molecule has 0 fully saturated rings. The van der Waals surface area contributed by atoms with Crippen molar-refractivity contribution >= 4 is 22.8 Å². The third kappa shape index (κ3) is 3.50. The maximum absolute atomic E-state index is 15.0. The quantitative estimate of drug-likeness (QED) is 0.335. The predicted octanol–water partition coefficient (Wildman–Crippen LogP) is 2.58. The largest absolute Gasteiger partial charge is 0.458 e. The number of carbonyl (C=O) groups is 2. The second-order valence-corrected chi connectivity index (χ2v) is 11.0. The number of nitrogens with one attached hydrogen (secondary N) is 1. The second-order valence-electron chi connectivity index (χ2n) is 11.0. The van der Waals surface area contributed by atoms with E-state index in [0.717, 1.165) is 22.1 Å². The highest BCUT2D eigenvalue weighted by molar-refractivity contribution is 5.94. The number of hydrogen-bond acceptors (Lipinski definition) is 7. The van der Waals surface area contributed by atoms with Gasteiger partial charge in [0.25, 0.3) is 5.56 Å². The summed E-state index contributed by atoms with van der Waals surface area (Å²) >= 11 is 0. The monoisotopic (exact) mass is 535 g/mol. The van der Waals surface area contributed by atoms with Crippen molar-refractivity contribution in [2.75, 3.05) is 6.61 Å². The molecule has 1 amide bonds. The van der Waals surface area contributed by atoms with Gasteiger partial charge in [0.05, 0.1) is 34.6 Å². The Morgan fingerprint density at radius 3 is 2.74 bits per heavy atom. The standard InChI is InChI=1S/C29H30FN3O6/c1-4-29(38)18-10-21-25-16(12-33(21)26(36)17(18)13-39-27(29)37)24-23-15(14(2)19(30)11-20(23)31-25)7-8-28(24,3)32-22(35)6-5-9-34/h10-11,34,38H,4-9,12-13H2,1-3H3,(H,32,35)/t28-,29+/m1/s1. The number of nitrogens with zero attached hydrogens (tertiary/aromatic N) is 2. The molecule has 9 nitrogen and oxygen atoms in total. The molecule has 0 unspecified atom stereocenters. The molecule has 1 aromatic carbocycles. The third-order valence-electron chi connectivity index (χ3n) is 8.71. The molecule has 3 aliphatic rings. The van der Waals surface area contributed by atoms with Crippen LogP contribution in [0.4, 0.5) is 4.39 Å². The summed E-state index contributed by atoms with van der Waals surface area (Å²) in [5.41, 5.74) is 1.46. The lowest BCUT2D eigenvalue weighted by Gasteiger charge is -2.38. The van der Waals surface area contributed by atoms with E-state index >= 15 is 4.39 Å². The Hall–Kier alpha value is -3.63. The van der Waals surface area contributed by atoms with Gasteiger partial charge in [0, 0.05) is 35.6 Å². The van der Waals surface area contributed by atoms with Crippen LogP contribution in [-0.4, -0.2) is 38.2 Å². The van der Waals surface area contributed by atoms with Gasteiger partial charge in [-0.2, -0.15) is 0 Å². The summed E-state index contributed by atoms with van der Waals surface area (Å²) in [6.45, 7) is 5.15. The summed E-state index contributed by atoms with van der Waals surface area (Å²) in [5.74, 6) is -1.39. The van der Waals surface area contributed by atoms with E-state index in [0.29, 0.717) is 41.7 Å². The number of cyclic esters (lactones) is 1. The first-order valence-electron chi connectivity index (χ1n) is 13.3. The fraction of sp³-hybridized carbons (Fsp3) is 0.448. The molecule has 204 valence electrons. The van der Waals surface area contributed by atoms with E-state index in [2.05, 4.69) is 5.32 Å². The van der Waals surface area contributed by atoms with Gasteiger partial charge in [-0.25, -0.2) is 14.2 Å². The predicted molar refractivity (Wildman–Crippen MR) is 139 cm³/mol. The van der Waals surface area contributed by atoms with Crippen LogP contribution in [0, 0.1) is 12.7 Å². The molecule has 3 N–H and O–H groups in total. The van der Waals surface area contributed by atoms with Crippen molar-refractivity contribution in [3.63, 3.8) is 0 Å². The molecule has 10 heteroatoms. The first-order valence-corrected chi connectivity index (χ1v) is 13.3. The number of carbonyl (C=O) groups excluding carboxylic acids is 2. The van der Waals surface area contributed by atoms with Crippen molar-refractivity contribution in [1.82, 2.24) is 14.9 Å². The number of pyridine rings is 2. The maximum atomic E-state index is 15.0. The molecule has 2 aliphatic heterocycles. The van der Waals surface area contributed by atoms with Gasteiger partial charge in [0.15, 0.2) is 5.60 Å². The molecule has 3 aromatic rings. The normalized spacial score (nSPS) is 22.8. The Bertz CT molecular complexity index is 1660. The highest BCUT2D eigenvalue weighted by Gasteiger charge is 2.46. The van der Waals surface area contributed by atoms with Crippen molar-refractivity contribution in [2.24, 2.45) is 0 Å². The van der Waals surface area contributed by atoms with Crippen molar-refractivity contribution in [1.29, 1.82) is 0 Å². The van der Waals surface area contributed by atoms with Gasteiger partial charge in [0.1, 0.15) is 12.4 Å². The molecule has 0 spiro atoms. The second kappa shape index (κ2) is 8.69. The van der Waals surface area contributed by atoms with Crippen LogP contribution in [0.25, 0.3) is 22.3 Å². The van der Waals surface area contributed by atoms with Crippen LogP contribution >= 0.6 is 0 Å². The minimum Gasteiger partial charge on any atom is -0.458 e. The molecule has 0 saturated carbocycles. The van der Waals surface area contributed by atoms with Crippen LogP contribution in [0.2, 0.25) is 0 Å². The Morgan fingerprint density at radius 2 is 2.03 bits per heavy atom. The lowest BCUT2D eigenvalue weighted by molar-refractivity contribution is -0.172. The SMILES string of the molecule is CC[C@@]1(O)C(=O)OCc2c1cc1n(c2=O)Cc2c-1nc1cc(F)c(C)c3c1c2[C@](C)(NC(=O)CCCO)CC3. The van der Waals surface area contributed by atoms with Gasteiger partial charge >= 0.3 is 5.97 Å². The zero-order chi connectivity index (χ0) is 27.9. The number of amides is 1. The Kier molecular flexibility index (Phi) is 5.71. The third-order valence-corrected chi connectivity index (χ3v) is 8.71. The summed E-state index contributed by atoms with van der Waals surface area (Å²) in [7, 11) is 0. The number of aromatic nitrogens is 2. The molecule has 2 aromatic heterocycles. The van der Waals surface area contributed by atoms with E-state index in [4.69, 9.17) is 9.72 Å². The van der Waals surface area contributed by atoms with E-state index in [9.17, 15) is 24.6 Å². The van der Waals surface area contributed by atoms with Crippen molar-refractivity contribution < 1.29 is 28.9 Å². The lowest BCUT2D eigenvalue weighted by atomic mass is 9.74. The molecule has 0 radical (unpaired) electrons. The molecule has 4 heterocycles. The molecule has 2 atom stereocenters. The number of fused-ring (bicyclic) bond motifs is 5.